The second-order valence-corrected chi connectivity index (χ2v) is 4.85. The maximum Gasteiger partial charge on any atom is 0.285 e. The number of aliphatic hydroxyl groups is 1. The quantitative estimate of drug-likeness (QED) is 0.652. The van der Waals surface area contributed by atoms with Gasteiger partial charge in [-0.1, -0.05) is 12.8 Å². The second-order valence-electron chi connectivity index (χ2n) is 4.85. The molecule has 0 bridgehead atoms. The number of hydrogen-bond acceptors (Lipinski definition) is 4. The third-order valence-electron chi connectivity index (χ3n) is 3.45. The highest BCUT2D eigenvalue weighted by atomic mass is 19.1. The van der Waals surface area contributed by atoms with Crippen LogP contribution < -0.4 is 5.32 Å². The van der Waals surface area contributed by atoms with E-state index in [9.17, 15) is 24.4 Å². The lowest BCUT2D eigenvalue weighted by Crippen LogP contribution is -2.45. The van der Waals surface area contributed by atoms with Crippen LogP contribution in [0.3, 0.4) is 0 Å². The molecule has 1 saturated carbocycles. The van der Waals surface area contributed by atoms with Crippen LogP contribution in [0.2, 0.25) is 0 Å². The van der Waals surface area contributed by atoms with Gasteiger partial charge in [0.05, 0.1) is 23.1 Å². The summed E-state index contributed by atoms with van der Waals surface area (Å²) in [4.78, 5) is 22.1. The summed E-state index contributed by atoms with van der Waals surface area (Å²) in [5, 5.41) is 23.2. The minimum absolute atomic E-state index is 0.200. The number of rotatable bonds is 3. The predicted octanol–water partition coefficient (Wildman–Crippen LogP) is 1.77. The largest absolute Gasteiger partial charge is 0.391 e. The molecule has 1 aliphatic carbocycles. The third-order valence-corrected chi connectivity index (χ3v) is 3.45. The molecule has 2 N–H and O–H groups in total. The zero-order valence-corrected chi connectivity index (χ0v) is 10.7. The van der Waals surface area contributed by atoms with E-state index in [4.69, 9.17) is 0 Å². The summed E-state index contributed by atoms with van der Waals surface area (Å²) < 4.78 is 13.0. The van der Waals surface area contributed by atoms with Crippen LogP contribution >= 0.6 is 0 Å². The molecule has 2 rings (SSSR count). The first-order valence-electron chi connectivity index (χ1n) is 6.42. The van der Waals surface area contributed by atoms with E-state index in [1.54, 1.807) is 0 Å². The topological polar surface area (TPSA) is 92.5 Å². The molecular formula is C13H15FN2O4. The molecule has 0 aromatic heterocycles. The van der Waals surface area contributed by atoms with Crippen LogP contribution in [0.1, 0.15) is 36.0 Å². The Morgan fingerprint density at radius 1 is 1.40 bits per heavy atom. The summed E-state index contributed by atoms with van der Waals surface area (Å²) in [7, 11) is 0. The van der Waals surface area contributed by atoms with Gasteiger partial charge >= 0.3 is 0 Å². The molecule has 6 nitrogen and oxygen atoms in total. The summed E-state index contributed by atoms with van der Waals surface area (Å²) in [6.07, 6.45) is 2.35. The molecule has 108 valence electrons. The number of nitro benzene ring substituents is 1. The molecule has 1 aromatic rings. The average Bonchev–Trinajstić information content (AvgIpc) is 2.41. The number of carbonyl (C=O) groups excluding carboxylic acids is 1. The normalized spacial score (nSPS) is 22.3. The van der Waals surface area contributed by atoms with E-state index in [1.807, 2.05) is 0 Å². The first-order valence-corrected chi connectivity index (χ1v) is 6.42. The number of aliphatic hydroxyl groups excluding tert-OH is 1. The van der Waals surface area contributed by atoms with Crippen molar-refractivity contribution in [1.29, 1.82) is 0 Å². The number of nitrogens with one attached hydrogen (secondary N) is 1. The van der Waals surface area contributed by atoms with E-state index in [2.05, 4.69) is 5.32 Å². The van der Waals surface area contributed by atoms with Gasteiger partial charge in [-0.25, -0.2) is 4.39 Å². The van der Waals surface area contributed by atoms with Gasteiger partial charge in [0.1, 0.15) is 11.4 Å². The summed E-state index contributed by atoms with van der Waals surface area (Å²) in [6, 6.07) is 2.38. The lowest BCUT2D eigenvalue weighted by Gasteiger charge is -2.28. The molecule has 0 radical (unpaired) electrons. The smallest absolute Gasteiger partial charge is 0.285 e. The van der Waals surface area contributed by atoms with Crippen LogP contribution in [0.5, 0.6) is 0 Å². The van der Waals surface area contributed by atoms with Crippen LogP contribution in [-0.4, -0.2) is 28.1 Å². The van der Waals surface area contributed by atoms with Crippen molar-refractivity contribution in [3.05, 3.63) is 39.7 Å². The number of nitro groups is 1. The van der Waals surface area contributed by atoms with Crippen molar-refractivity contribution >= 4 is 11.6 Å². The van der Waals surface area contributed by atoms with Gasteiger partial charge in [-0.05, 0) is 25.0 Å². The fraction of sp³-hybridized carbons (Fsp3) is 0.462. The highest BCUT2D eigenvalue weighted by Gasteiger charge is 2.27. The van der Waals surface area contributed by atoms with E-state index in [0.29, 0.717) is 18.9 Å². The summed E-state index contributed by atoms with van der Waals surface area (Å²) >= 11 is 0. The van der Waals surface area contributed by atoms with Crippen molar-refractivity contribution in [3.63, 3.8) is 0 Å². The third kappa shape index (κ3) is 3.11. The molecular weight excluding hydrogens is 267 g/mol. The van der Waals surface area contributed by atoms with Crippen LogP contribution in [0.15, 0.2) is 18.2 Å². The van der Waals surface area contributed by atoms with E-state index < -0.39 is 34.5 Å². The van der Waals surface area contributed by atoms with E-state index in [-0.39, 0.29) is 5.56 Å². The molecule has 0 heterocycles. The minimum Gasteiger partial charge on any atom is -0.391 e. The highest BCUT2D eigenvalue weighted by Crippen LogP contribution is 2.22. The zero-order chi connectivity index (χ0) is 14.7. The molecule has 0 aliphatic heterocycles. The molecule has 7 heteroatoms. The maximum atomic E-state index is 13.0. The van der Waals surface area contributed by atoms with Crippen molar-refractivity contribution < 1.29 is 19.2 Å². The highest BCUT2D eigenvalue weighted by molar-refractivity contribution is 5.98. The Morgan fingerprint density at radius 3 is 2.75 bits per heavy atom. The Kier molecular flexibility index (Phi) is 4.29. The summed E-state index contributed by atoms with van der Waals surface area (Å²) in [5.74, 6) is -1.44. The Labute approximate surface area is 114 Å². The van der Waals surface area contributed by atoms with Gasteiger partial charge in [-0.15, -0.1) is 0 Å². The number of amides is 1. The SMILES string of the molecule is O=C(N[C@@H]1CCCC[C@H]1O)c1ccc(F)cc1[N+](=O)[O-]. The van der Waals surface area contributed by atoms with Crippen molar-refractivity contribution in [3.8, 4) is 0 Å². The van der Waals surface area contributed by atoms with Crippen molar-refractivity contribution in [1.82, 2.24) is 5.32 Å². The van der Waals surface area contributed by atoms with Crippen LogP contribution in [0.4, 0.5) is 10.1 Å². The van der Waals surface area contributed by atoms with E-state index in [1.165, 1.54) is 0 Å². The Hall–Kier alpha value is -2.02. The molecule has 20 heavy (non-hydrogen) atoms. The van der Waals surface area contributed by atoms with Gasteiger partial charge in [-0.2, -0.15) is 0 Å². The molecule has 1 aliphatic rings. The molecule has 1 aromatic carbocycles. The predicted molar refractivity (Wildman–Crippen MR) is 68.8 cm³/mol. The summed E-state index contributed by atoms with van der Waals surface area (Å²) in [6.45, 7) is 0. The van der Waals surface area contributed by atoms with Crippen molar-refractivity contribution in [2.45, 2.75) is 37.8 Å². The number of hydrogen-bond donors (Lipinski definition) is 2. The van der Waals surface area contributed by atoms with Crippen molar-refractivity contribution in [2.24, 2.45) is 0 Å². The van der Waals surface area contributed by atoms with Crippen LogP contribution in [-0.2, 0) is 0 Å². The van der Waals surface area contributed by atoms with Gasteiger partial charge < -0.3 is 10.4 Å². The number of carbonyl (C=O) groups is 1. The number of benzene rings is 1. The summed E-state index contributed by atoms with van der Waals surface area (Å²) in [5.41, 5.74) is -0.776. The minimum atomic E-state index is -0.796. The van der Waals surface area contributed by atoms with Gasteiger partial charge in [0.2, 0.25) is 0 Å². The van der Waals surface area contributed by atoms with Crippen LogP contribution in [0.25, 0.3) is 0 Å². The van der Waals surface area contributed by atoms with Gasteiger partial charge in [0, 0.05) is 0 Å². The van der Waals surface area contributed by atoms with Gasteiger partial charge in [0.15, 0.2) is 0 Å². The lowest BCUT2D eigenvalue weighted by molar-refractivity contribution is -0.385. The zero-order valence-electron chi connectivity index (χ0n) is 10.7. The number of nitrogens with zero attached hydrogens (tertiary/aromatic N) is 1. The molecule has 0 unspecified atom stereocenters. The monoisotopic (exact) mass is 282 g/mol. The molecule has 2 atom stereocenters. The average molecular weight is 282 g/mol. The second kappa shape index (κ2) is 5.96. The van der Waals surface area contributed by atoms with Crippen molar-refractivity contribution in [2.75, 3.05) is 0 Å². The Morgan fingerprint density at radius 2 is 2.10 bits per heavy atom. The van der Waals surface area contributed by atoms with Crippen LogP contribution in [0, 0.1) is 15.9 Å². The maximum absolute atomic E-state index is 13.0. The fourth-order valence-corrected chi connectivity index (χ4v) is 2.37. The first kappa shape index (κ1) is 14.4. The van der Waals surface area contributed by atoms with Gasteiger partial charge in [0.25, 0.3) is 11.6 Å². The fourth-order valence-electron chi connectivity index (χ4n) is 2.37. The molecule has 0 saturated heterocycles. The Bertz CT molecular complexity index is 535. The van der Waals surface area contributed by atoms with E-state index >= 15 is 0 Å². The number of halogens is 1. The molecule has 0 spiro atoms. The van der Waals surface area contributed by atoms with Gasteiger partial charge in [-0.3, -0.25) is 14.9 Å². The standard InChI is InChI=1S/C13H15FN2O4/c14-8-5-6-9(11(7-8)16(19)20)13(18)15-10-3-1-2-4-12(10)17/h5-7,10,12,17H,1-4H2,(H,15,18)/t10-,12-/m1/s1. The first-order chi connectivity index (χ1) is 9.49. The Balaban J connectivity index is 2.18. The lowest BCUT2D eigenvalue weighted by atomic mass is 9.92. The molecule has 1 fully saturated rings. The van der Waals surface area contributed by atoms with E-state index in [0.717, 1.165) is 25.0 Å². The molecule has 1 amide bonds.